The number of hydrogen-bond acceptors (Lipinski definition) is 4. The summed E-state index contributed by atoms with van der Waals surface area (Å²) in [6.45, 7) is 5.42. The summed E-state index contributed by atoms with van der Waals surface area (Å²) in [5, 5.41) is 0. The zero-order valence-electron chi connectivity index (χ0n) is 9.03. The van der Waals surface area contributed by atoms with Gasteiger partial charge < -0.3 is 15.4 Å². The zero-order valence-corrected chi connectivity index (χ0v) is 9.03. The van der Waals surface area contributed by atoms with Gasteiger partial charge in [-0.15, -0.1) is 0 Å². The van der Waals surface area contributed by atoms with E-state index in [1.807, 2.05) is 0 Å². The summed E-state index contributed by atoms with van der Waals surface area (Å²) in [4.78, 5) is 13.4. The Hall–Kier alpha value is -0.610. The van der Waals surface area contributed by atoms with Crippen LogP contribution in [0.3, 0.4) is 0 Å². The standard InChI is InChI=1S/C10H20N2O2/c1-8-3-5-12(7-8)6-4-9(11)10(13)14-2/h8-9H,3-7,11H2,1-2H3. The Bertz CT molecular complexity index is 197. The molecule has 0 aromatic rings. The van der Waals surface area contributed by atoms with E-state index in [0.29, 0.717) is 6.42 Å². The van der Waals surface area contributed by atoms with Crippen LogP contribution >= 0.6 is 0 Å². The summed E-state index contributed by atoms with van der Waals surface area (Å²) in [5.74, 6) is 0.474. The van der Waals surface area contributed by atoms with Gasteiger partial charge in [0.2, 0.25) is 0 Å². The predicted molar refractivity (Wildman–Crippen MR) is 54.8 cm³/mol. The molecule has 0 aromatic heterocycles. The molecule has 1 saturated heterocycles. The molecule has 4 heteroatoms. The molecule has 0 saturated carbocycles. The van der Waals surface area contributed by atoms with Gasteiger partial charge in [-0.3, -0.25) is 4.79 Å². The van der Waals surface area contributed by atoms with Crippen molar-refractivity contribution in [3.05, 3.63) is 0 Å². The lowest BCUT2D eigenvalue weighted by molar-refractivity contribution is -0.142. The SMILES string of the molecule is COC(=O)C(N)CCN1CCC(C)C1. The normalized spacial score (nSPS) is 24.9. The predicted octanol–water partition coefficient (Wildman–Crippen LogP) is 0.219. The lowest BCUT2D eigenvalue weighted by Gasteiger charge is -2.17. The van der Waals surface area contributed by atoms with Crippen LogP contribution < -0.4 is 5.73 Å². The number of rotatable bonds is 4. The number of carbonyl (C=O) groups excluding carboxylic acids is 1. The molecular formula is C10H20N2O2. The number of ether oxygens (including phenoxy) is 1. The van der Waals surface area contributed by atoms with Gasteiger partial charge in [-0.25, -0.2) is 0 Å². The van der Waals surface area contributed by atoms with E-state index >= 15 is 0 Å². The van der Waals surface area contributed by atoms with Crippen molar-refractivity contribution in [1.29, 1.82) is 0 Å². The van der Waals surface area contributed by atoms with Crippen LogP contribution in [0.5, 0.6) is 0 Å². The van der Waals surface area contributed by atoms with Crippen molar-refractivity contribution in [1.82, 2.24) is 4.90 Å². The van der Waals surface area contributed by atoms with E-state index in [0.717, 1.165) is 25.6 Å². The van der Waals surface area contributed by atoms with Crippen LogP contribution in [0.4, 0.5) is 0 Å². The number of nitrogens with two attached hydrogens (primary N) is 1. The maximum absolute atomic E-state index is 11.0. The highest BCUT2D eigenvalue weighted by atomic mass is 16.5. The molecule has 0 bridgehead atoms. The van der Waals surface area contributed by atoms with Gasteiger partial charge in [-0.1, -0.05) is 6.92 Å². The maximum Gasteiger partial charge on any atom is 0.322 e. The van der Waals surface area contributed by atoms with Gasteiger partial charge in [0, 0.05) is 13.1 Å². The fraction of sp³-hybridized carbons (Fsp3) is 0.900. The summed E-state index contributed by atoms with van der Waals surface area (Å²) < 4.78 is 4.57. The smallest absolute Gasteiger partial charge is 0.322 e. The molecule has 1 aliphatic rings. The van der Waals surface area contributed by atoms with Crippen LogP contribution in [-0.2, 0) is 9.53 Å². The largest absolute Gasteiger partial charge is 0.468 e. The van der Waals surface area contributed by atoms with Gasteiger partial charge in [-0.2, -0.15) is 0 Å². The van der Waals surface area contributed by atoms with Crippen molar-refractivity contribution in [2.45, 2.75) is 25.8 Å². The average molecular weight is 200 g/mol. The molecule has 2 atom stereocenters. The molecule has 1 fully saturated rings. The Morgan fingerprint density at radius 3 is 2.93 bits per heavy atom. The average Bonchev–Trinajstić information content (AvgIpc) is 2.59. The van der Waals surface area contributed by atoms with Crippen LogP contribution in [0.2, 0.25) is 0 Å². The molecule has 82 valence electrons. The quantitative estimate of drug-likeness (QED) is 0.659. The molecule has 2 N–H and O–H groups in total. The number of methoxy groups -OCH3 is 1. The number of hydrogen-bond donors (Lipinski definition) is 1. The molecule has 2 unspecified atom stereocenters. The fourth-order valence-electron chi connectivity index (χ4n) is 1.82. The molecule has 0 amide bonds. The Kier molecular flexibility index (Phi) is 4.35. The monoisotopic (exact) mass is 200 g/mol. The van der Waals surface area contributed by atoms with Crippen molar-refractivity contribution < 1.29 is 9.53 Å². The van der Waals surface area contributed by atoms with Gasteiger partial charge in [0.05, 0.1) is 7.11 Å². The minimum Gasteiger partial charge on any atom is -0.468 e. The summed E-state index contributed by atoms with van der Waals surface area (Å²) in [5.41, 5.74) is 5.64. The Labute approximate surface area is 85.4 Å². The van der Waals surface area contributed by atoms with Crippen molar-refractivity contribution in [2.75, 3.05) is 26.7 Å². The molecule has 4 nitrogen and oxygen atoms in total. The molecule has 0 radical (unpaired) electrons. The molecule has 0 aliphatic carbocycles. The number of esters is 1. The first-order valence-corrected chi connectivity index (χ1v) is 5.19. The van der Waals surface area contributed by atoms with E-state index in [-0.39, 0.29) is 5.97 Å². The van der Waals surface area contributed by atoms with E-state index < -0.39 is 6.04 Å². The van der Waals surface area contributed by atoms with Gasteiger partial charge in [0.1, 0.15) is 6.04 Å². The van der Waals surface area contributed by atoms with E-state index in [2.05, 4.69) is 16.6 Å². The summed E-state index contributed by atoms with van der Waals surface area (Å²) >= 11 is 0. The summed E-state index contributed by atoms with van der Waals surface area (Å²) in [6, 6.07) is -0.462. The highest BCUT2D eigenvalue weighted by Gasteiger charge is 2.20. The van der Waals surface area contributed by atoms with E-state index in [1.54, 1.807) is 0 Å². The maximum atomic E-state index is 11.0. The Balaban J connectivity index is 2.17. The molecule has 1 rings (SSSR count). The second-order valence-corrected chi connectivity index (χ2v) is 4.11. The van der Waals surface area contributed by atoms with Crippen molar-refractivity contribution >= 4 is 5.97 Å². The number of likely N-dealkylation sites (tertiary alicyclic amines) is 1. The minimum absolute atomic E-state index is 0.308. The van der Waals surface area contributed by atoms with Crippen LogP contribution in [0.25, 0.3) is 0 Å². The highest BCUT2D eigenvalue weighted by Crippen LogP contribution is 2.15. The van der Waals surface area contributed by atoms with Gasteiger partial charge in [0.25, 0.3) is 0 Å². The highest BCUT2D eigenvalue weighted by molar-refractivity contribution is 5.75. The van der Waals surface area contributed by atoms with Crippen molar-refractivity contribution in [2.24, 2.45) is 11.7 Å². The van der Waals surface area contributed by atoms with Crippen LogP contribution in [0, 0.1) is 5.92 Å². The molecule has 1 aliphatic heterocycles. The second kappa shape index (κ2) is 5.32. The van der Waals surface area contributed by atoms with Crippen LogP contribution in [-0.4, -0.2) is 43.7 Å². The zero-order chi connectivity index (χ0) is 10.6. The third kappa shape index (κ3) is 3.27. The molecule has 0 aromatic carbocycles. The summed E-state index contributed by atoms with van der Waals surface area (Å²) in [7, 11) is 1.38. The molecule has 14 heavy (non-hydrogen) atoms. The number of carbonyl (C=O) groups is 1. The molecule has 1 heterocycles. The first-order valence-electron chi connectivity index (χ1n) is 5.19. The van der Waals surface area contributed by atoms with Crippen molar-refractivity contribution in [3.8, 4) is 0 Å². The van der Waals surface area contributed by atoms with Gasteiger partial charge in [-0.05, 0) is 25.3 Å². The van der Waals surface area contributed by atoms with Gasteiger partial charge >= 0.3 is 5.97 Å². The second-order valence-electron chi connectivity index (χ2n) is 4.11. The third-order valence-corrected chi connectivity index (χ3v) is 2.77. The lowest BCUT2D eigenvalue weighted by Crippen LogP contribution is -2.35. The molecular weight excluding hydrogens is 180 g/mol. The van der Waals surface area contributed by atoms with Crippen LogP contribution in [0.15, 0.2) is 0 Å². The third-order valence-electron chi connectivity index (χ3n) is 2.77. The first-order chi connectivity index (χ1) is 6.63. The molecule has 0 spiro atoms. The van der Waals surface area contributed by atoms with E-state index in [1.165, 1.54) is 13.5 Å². The van der Waals surface area contributed by atoms with Crippen molar-refractivity contribution in [3.63, 3.8) is 0 Å². The minimum atomic E-state index is -0.462. The fourth-order valence-corrected chi connectivity index (χ4v) is 1.82. The lowest BCUT2D eigenvalue weighted by atomic mass is 10.2. The Morgan fingerprint density at radius 1 is 1.71 bits per heavy atom. The van der Waals surface area contributed by atoms with Crippen LogP contribution in [0.1, 0.15) is 19.8 Å². The topological polar surface area (TPSA) is 55.6 Å². The Morgan fingerprint density at radius 2 is 2.43 bits per heavy atom. The van der Waals surface area contributed by atoms with E-state index in [4.69, 9.17) is 5.73 Å². The van der Waals surface area contributed by atoms with Gasteiger partial charge in [0.15, 0.2) is 0 Å². The number of nitrogens with zero attached hydrogens (tertiary/aromatic N) is 1. The van der Waals surface area contributed by atoms with E-state index in [9.17, 15) is 4.79 Å². The summed E-state index contributed by atoms with van der Waals surface area (Å²) in [6.07, 6.45) is 1.95. The first kappa shape index (κ1) is 11.5.